The second-order valence-corrected chi connectivity index (χ2v) is 11.3. The van der Waals surface area contributed by atoms with E-state index in [1.165, 1.54) is 20.4 Å². The normalized spacial score (nSPS) is 13.8. The average molecular weight is 579 g/mol. The smallest absolute Gasteiger partial charge is 0.419 e. The summed E-state index contributed by atoms with van der Waals surface area (Å²) in [5.41, 5.74) is -0.138. The highest BCUT2D eigenvalue weighted by atomic mass is 32.2. The minimum absolute atomic E-state index is 0.0334. The molecule has 14 heteroatoms. The third-order valence-corrected chi connectivity index (χ3v) is 7.72. The lowest BCUT2D eigenvalue weighted by Crippen LogP contribution is -2.27. The van der Waals surface area contributed by atoms with Crippen molar-refractivity contribution in [3.8, 4) is 5.75 Å². The Morgan fingerprint density at radius 3 is 2.52 bits per heavy atom. The van der Waals surface area contributed by atoms with Gasteiger partial charge in [0.2, 0.25) is 16.0 Å². The Labute approximate surface area is 230 Å². The summed E-state index contributed by atoms with van der Waals surface area (Å²) in [6.07, 6.45) is 0.124. The number of nitrogens with zero attached hydrogens (tertiary/aromatic N) is 5. The maximum Gasteiger partial charge on any atom is 0.419 e. The van der Waals surface area contributed by atoms with Gasteiger partial charge in [0.15, 0.2) is 0 Å². The van der Waals surface area contributed by atoms with Crippen molar-refractivity contribution < 1.29 is 31.1 Å². The Morgan fingerprint density at radius 2 is 1.88 bits per heavy atom. The molecular formula is C26H29F3N6O4S. The molecule has 0 radical (unpaired) electrons. The lowest BCUT2D eigenvalue weighted by Gasteiger charge is -2.19. The zero-order valence-electron chi connectivity index (χ0n) is 22.2. The van der Waals surface area contributed by atoms with E-state index in [1.807, 2.05) is 0 Å². The molecule has 40 heavy (non-hydrogen) atoms. The number of alkyl halides is 3. The minimum Gasteiger partial charge on any atom is -0.495 e. The van der Waals surface area contributed by atoms with Crippen LogP contribution in [0.4, 0.5) is 30.6 Å². The van der Waals surface area contributed by atoms with E-state index in [-0.39, 0.29) is 36.2 Å². The number of rotatable bonds is 9. The van der Waals surface area contributed by atoms with Crippen molar-refractivity contribution in [1.29, 1.82) is 0 Å². The third-order valence-electron chi connectivity index (χ3n) is 6.55. The first-order chi connectivity index (χ1) is 18.9. The number of amides is 1. The number of hydrogen-bond donors (Lipinski definition) is 1. The summed E-state index contributed by atoms with van der Waals surface area (Å²) >= 11 is 0. The number of anilines is 3. The summed E-state index contributed by atoms with van der Waals surface area (Å²) in [4.78, 5) is 26.7. The highest BCUT2D eigenvalue weighted by Gasteiger charge is 2.35. The van der Waals surface area contributed by atoms with Gasteiger partial charge in [0.05, 0.1) is 30.3 Å². The van der Waals surface area contributed by atoms with Crippen LogP contribution in [0, 0.1) is 0 Å². The zero-order valence-corrected chi connectivity index (χ0v) is 23.0. The lowest BCUT2D eigenvalue weighted by molar-refractivity contribution is -0.138. The fourth-order valence-corrected chi connectivity index (χ4v) is 4.86. The molecule has 0 saturated carbocycles. The van der Waals surface area contributed by atoms with E-state index < -0.39 is 21.8 Å². The minimum atomic E-state index is -4.71. The molecule has 1 fully saturated rings. The molecule has 2 aromatic heterocycles. The van der Waals surface area contributed by atoms with Gasteiger partial charge in [0.25, 0.3) is 5.91 Å². The van der Waals surface area contributed by atoms with Gasteiger partial charge in [-0.3, -0.25) is 9.10 Å². The fraction of sp³-hybridized carbons (Fsp3) is 0.385. The summed E-state index contributed by atoms with van der Waals surface area (Å²) < 4.78 is 71.9. The number of methoxy groups -OCH3 is 1. The summed E-state index contributed by atoms with van der Waals surface area (Å²) in [7, 11) is -0.884. The van der Waals surface area contributed by atoms with Gasteiger partial charge >= 0.3 is 6.18 Å². The average Bonchev–Trinajstić information content (AvgIpc) is 3.45. The Hall–Kier alpha value is -3.94. The van der Waals surface area contributed by atoms with Crippen LogP contribution in [0.2, 0.25) is 0 Å². The van der Waals surface area contributed by atoms with Gasteiger partial charge in [-0.2, -0.15) is 13.2 Å². The number of carbonyl (C=O) groups excluding carboxylic acids is 1. The SMILES string of the molecule is COc1ccc(C(=O)N2CCCC2)cc1Nc1ncc(C(F)(F)F)c(CCc2cccnc2N(C)S(C)(=O)=O)n1. The molecule has 1 saturated heterocycles. The number of aryl methyl sites for hydroxylation is 2. The van der Waals surface area contributed by atoms with Crippen LogP contribution in [-0.4, -0.2) is 67.7 Å². The molecule has 3 heterocycles. The number of carbonyl (C=O) groups is 1. The van der Waals surface area contributed by atoms with E-state index in [2.05, 4.69) is 20.3 Å². The molecule has 4 rings (SSSR count). The summed E-state index contributed by atoms with van der Waals surface area (Å²) in [6, 6.07) is 7.96. The Morgan fingerprint density at radius 1 is 1.15 bits per heavy atom. The third kappa shape index (κ3) is 6.61. The molecule has 0 unspecified atom stereocenters. The topological polar surface area (TPSA) is 118 Å². The Kier molecular flexibility index (Phi) is 8.47. The van der Waals surface area contributed by atoms with Gasteiger partial charge in [-0.15, -0.1) is 0 Å². The zero-order chi connectivity index (χ0) is 29.1. The van der Waals surface area contributed by atoms with E-state index >= 15 is 0 Å². The van der Waals surface area contributed by atoms with Crippen molar-refractivity contribution in [3.05, 3.63) is 65.1 Å². The van der Waals surface area contributed by atoms with Crippen LogP contribution in [0.1, 0.15) is 40.0 Å². The molecular weight excluding hydrogens is 549 g/mol. The number of likely N-dealkylation sites (tertiary alicyclic amines) is 1. The Balaban J connectivity index is 1.64. The van der Waals surface area contributed by atoms with E-state index in [0.717, 1.165) is 23.4 Å². The van der Waals surface area contributed by atoms with Gasteiger partial charge in [0, 0.05) is 38.1 Å². The number of hydrogen-bond acceptors (Lipinski definition) is 8. The first-order valence-corrected chi connectivity index (χ1v) is 14.3. The summed E-state index contributed by atoms with van der Waals surface area (Å²) in [6.45, 7) is 1.33. The molecule has 1 aliphatic heterocycles. The summed E-state index contributed by atoms with van der Waals surface area (Å²) in [5.74, 6) is 0.206. The number of sulfonamides is 1. The fourth-order valence-electron chi connectivity index (χ4n) is 4.39. The van der Waals surface area contributed by atoms with Gasteiger partial charge in [-0.25, -0.2) is 23.4 Å². The molecule has 1 N–H and O–H groups in total. The summed E-state index contributed by atoms with van der Waals surface area (Å²) in [5, 5.41) is 2.89. The molecule has 0 bridgehead atoms. The van der Waals surface area contributed by atoms with E-state index in [1.54, 1.807) is 35.2 Å². The van der Waals surface area contributed by atoms with E-state index in [9.17, 15) is 26.4 Å². The number of halogens is 3. The second kappa shape index (κ2) is 11.7. The standard InChI is InChI=1S/C26H29F3N6O4S/c1-34(40(3,37)38)23-17(7-6-12-30-23)8-10-20-19(26(27,28)29)16-31-25(32-20)33-21-15-18(9-11-22(21)39-2)24(36)35-13-4-5-14-35/h6-7,9,11-12,15-16H,4-5,8,10,13-14H2,1-3H3,(H,31,32,33). The first kappa shape index (κ1) is 29.1. The predicted molar refractivity (Wildman–Crippen MR) is 143 cm³/mol. The largest absolute Gasteiger partial charge is 0.495 e. The number of ether oxygens (including phenoxy) is 1. The van der Waals surface area contributed by atoms with Crippen LogP contribution in [0.5, 0.6) is 5.75 Å². The molecule has 10 nitrogen and oxygen atoms in total. The molecule has 0 atom stereocenters. The van der Waals surface area contributed by atoms with Crippen LogP contribution < -0.4 is 14.4 Å². The van der Waals surface area contributed by atoms with Gasteiger partial charge in [0.1, 0.15) is 11.6 Å². The van der Waals surface area contributed by atoms with Crippen molar-refractivity contribution in [2.45, 2.75) is 31.9 Å². The van der Waals surface area contributed by atoms with Crippen molar-refractivity contribution in [2.75, 3.05) is 43.1 Å². The Bertz CT molecular complexity index is 1490. The second-order valence-electron chi connectivity index (χ2n) is 9.31. The predicted octanol–water partition coefficient (Wildman–Crippen LogP) is 4.06. The van der Waals surface area contributed by atoms with Crippen LogP contribution in [0.3, 0.4) is 0 Å². The molecule has 0 spiro atoms. The lowest BCUT2D eigenvalue weighted by atomic mass is 10.1. The maximum absolute atomic E-state index is 13.8. The van der Waals surface area contributed by atoms with Crippen molar-refractivity contribution in [2.24, 2.45) is 0 Å². The van der Waals surface area contributed by atoms with Crippen molar-refractivity contribution in [1.82, 2.24) is 19.9 Å². The molecule has 1 aromatic carbocycles. The molecule has 0 aliphatic carbocycles. The number of pyridine rings is 1. The van der Waals surface area contributed by atoms with Gasteiger partial charge < -0.3 is 15.0 Å². The van der Waals surface area contributed by atoms with Crippen LogP contribution in [0.15, 0.2) is 42.7 Å². The first-order valence-electron chi connectivity index (χ1n) is 12.4. The number of nitrogens with one attached hydrogen (secondary N) is 1. The molecule has 1 aliphatic rings. The van der Waals surface area contributed by atoms with Crippen molar-refractivity contribution >= 4 is 33.4 Å². The van der Waals surface area contributed by atoms with Crippen LogP contribution >= 0.6 is 0 Å². The van der Waals surface area contributed by atoms with E-state index in [0.29, 0.717) is 41.9 Å². The molecule has 1 amide bonds. The quantitative estimate of drug-likeness (QED) is 0.404. The highest BCUT2D eigenvalue weighted by molar-refractivity contribution is 7.92. The van der Waals surface area contributed by atoms with Gasteiger partial charge in [-0.05, 0) is 55.5 Å². The van der Waals surface area contributed by atoms with Crippen molar-refractivity contribution in [3.63, 3.8) is 0 Å². The monoisotopic (exact) mass is 578 g/mol. The highest BCUT2D eigenvalue weighted by Crippen LogP contribution is 2.34. The van der Waals surface area contributed by atoms with Crippen LogP contribution in [0.25, 0.3) is 0 Å². The van der Waals surface area contributed by atoms with E-state index in [4.69, 9.17) is 4.74 Å². The maximum atomic E-state index is 13.8. The van der Waals surface area contributed by atoms with Gasteiger partial charge in [-0.1, -0.05) is 6.07 Å². The van der Waals surface area contributed by atoms with Crippen LogP contribution in [-0.2, 0) is 29.0 Å². The number of benzene rings is 1. The number of aromatic nitrogens is 3. The molecule has 214 valence electrons. The molecule has 3 aromatic rings.